The van der Waals surface area contributed by atoms with Crippen molar-refractivity contribution in [2.75, 3.05) is 26.4 Å². The molecule has 0 aliphatic heterocycles. The summed E-state index contributed by atoms with van der Waals surface area (Å²) in [6, 6.07) is 23.2. The highest BCUT2D eigenvalue weighted by Gasteiger charge is 2.13. The number of unbranched alkanes of at least 4 members (excludes halogenated alkanes) is 10. The highest BCUT2D eigenvalue weighted by Crippen LogP contribution is 2.26. The highest BCUT2D eigenvalue weighted by molar-refractivity contribution is 5.91. The maximum atomic E-state index is 12.6. The number of carbonyl (C=O) groups excluding carboxylic acids is 2. The molecule has 0 bridgehead atoms. The smallest absolute Gasteiger partial charge is 0.338 e. The minimum Gasteiger partial charge on any atom is -0.459 e. The molecule has 3 aromatic carbocycles. The van der Waals surface area contributed by atoms with E-state index >= 15 is 0 Å². The Morgan fingerprint density at radius 1 is 0.458 bits per heavy atom. The Balaban J connectivity index is 1.39. The molecular weight excluding hydrogens is 600 g/mol. The van der Waals surface area contributed by atoms with Crippen molar-refractivity contribution in [2.45, 2.75) is 117 Å². The molecule has 0 aliphatic carbocycles. The van der Waals surface area contributed by atoms with Gasteiger partial charge in [-0.25, -0.2) is 9.59 Å². The summed E-state index contributed by atoms with van der Waals surface area (Å²) in [7, 11) is 0. The summed E-state index contributed by atoms with van der Waals surface area (Å²) in [6.45, 7) is 10.2. The molecule has 0 heterocycles. The molecule has 262 valence electrons. The Morgan fingerprint density at radius 3 is 1.08 bits per heavy atom. The molecule has 0 saturated heterocycles. The number of hydrogen-bond acceptors (Lipinski definition) is 6. The Morgan fingerprint density at radius 2 is 0.750 bits per heavy atom. The zero-order valence-corrected chi connectivity index (χ0v) is 29.8. The predicted octanol–water partition coefficient (Wildman–Crippen LogP) is 10.9. The third-order valence-corrected chi connectivity index (χ3v) is 8.49. The lowest BCUT2D eigenvalue weighted by Crippen LogP contribution is -2.19. The summed E-state index contributed by atoms with van der Waals surface area (Å²) in [5, 5.41) is 0. The molecule has 48 heavy (non-hydrogen) atoms. The monoisotopic (exact) mass is 658 g/mol. The molecule has 0 N–H and O–H groups in total. The van der Waals surface area contributed by atoms with E-state index in [1.807, 2.05) is 38.1 Å². The van der Waals surface area contributed by atoms with Crippen LogP contribution in [0.4, 0.5) is 0 Å². The molecular formula is C42H58O6. The van der Waals surface area contributed by atoms with Gasteiger partial charge in [0.2, 0.25) is 0 Å². The van der Waals surface area contributed by atoms with E-state index in [4.69, 9.17) is 18.9 Å². The Bertz CT molecular complexity index is 1200. The molecule has 3 aromatic rings. The van der Waals surface area contributed by atoms with E-state index < -0.39 is 0 Å². The van der Waals surface area contributed by atoms with Gasteiger partial charge < -0.3 is 18.9 Å². The van der Waals surface area contributed by atoms with E-state index in [0.29, 0.717) is 24.3 Å². The molecule has 0 amide bonds. The average Bonchev–Trinajstić information content (AvgIpc) is 3.12. The maximum absolute atomic E-state index is 12.6. The van der Waals surface area contributed by atoms with Gasteiger partial charge in [-0.2, -0.15) is 0 Å². The second-order valence-electron chi connectivity index (χ2n) is 12.8. The minimum atomic E-state index is -0.342. The molecule has 2 unspecified atom stereocenters. The topological polar surface area (TPSA) is 71.1 Å². The predicted molar refractivity (Wildman–Crippen MR) is 195 cm³/mol. The first-order chi connectivity index (χ1) is 23.4. The second kappa shape index (κ2) is 23.0. The van der Waals surface area contributed by atoms with Gasteiger partial charge in [0.25, 0.3) is 0 Å². The largest absolute Gasteiger partial charge is 0.459 e. The molecule has 0 aromatic heterocycles. The first-order valence-corrected chi connectivity index (χ1v) is 18.3. The zero-order valence-electron chi connectivity index (χ0n) is 29.8. The van der Waals surface area contributed by atoms with Crippen molar-refractivity contribution in [1.82, 2.24) is 0 Å². The van der Waals surface area contributed by atoms with E-state index in [-0.39, 0.29) is 37.4 Å². The fourth-order valence-corrected chi connectivity index (χ4v) is 5.44. The quantitative estimate of drug-likeness (QED) is 0.0704. The Kier molecular flexibility index (Phi) is 18.7. The van der Waals surface area contributed by atoms with Crippen LogP contribution < -0.4 is 0 Å². The number of esters is 2. The van der Waals surface area contributed by atoms with Crippen LogP contribution in [0.3, 0.4) is 0 Å². The van der Waals surface area contributed by atoms with Crippen LogP contribution in [0.15, 0.2) is 72.8 Å². The second-order valence-corrected chi connectivity index (χ2v) is 12.8. The highest BCUT2D eigenvalue weighted by atomic mass is 16.6. The van der Waals surface area contributed by atoms with Crippen LogP contribution in [0.25, 0.3) is 22.3 Å². The van der Waals surface area contributed by atoms with Gasteiger partial charge in [0.1, 0.15) is 13.2 Å². The van der Waals surface area contributed by atoms with Crippen molar-refractivity contribution >= 4 is 11.9 Å². The Labute approximate surface area is 289 Å². The first kappa shape index (κ1) is 39.0. The molecule has 0 saturated carbocycles. The van der Waals surface area contributed by atoms with Crippen LogP contribution in [-0.4, -0.2) is 50.6 Å². The lowest BCUT2D eigenvalue weighted by molar-refractivity contribution is -0.00152. The lowest BCUT2D eigenvalue weighted by atomic mass is 9.99. The van der Waals surface area contributed by atoms with Crippen molar-refractivity contribution in [3.05, 3.63) is 83.9 Å². The van der Waals surface area contributed by atoms with Gasteiger partial charge in [-0.3, -0.25) is 0 Å². The van der Waals surface area contributed by atoms with Gasteiger partial charge in [0.05, 0.1) is 23.3 Å². The standard InChI is InChI=1S/C42H58O6/c1-5-7-9-11-13-15-29-45-33(3)31-47-41(43)39-25-21-37(22-26-39)35-17-19-36(20-18-35)38-23-27-40(28-24-38)42(44)48-32-34(4)46-30-16-14-12-10-8-6-2/h17-28,33-34H,5-16,29-32H2,1-4H3. The van der Waals surface area contributed by atoms with Crippen molar-refractivity contribution in [1.29, 1.82) is 0 Å². The molecule has 6 nitrogen and oxygen atoms in total. The summed E-state index contributed by atoms with van der Waals surface area (Å²) in [5.74, 6) is -0.684. The fourth-order valence-electron chi connectivity index (χ4n) is 5.44. The summed E-state index contributed by atoms with van der Waals surface area (Å²) >= 11 is 0. The van der Waals surface area contributed by atoms with E-state index in [1.165, 1.54) is 64.2 Å². The maximum Gasteiger partial charge on any atom is 0.338 e. The van der Waals surface area contributed by atoms with E-state index in [1.54, 1.807) is 24.3 Å². The van der Waals surface area contributed by atoms with Crippen LogP contribution in [0, 0.1) is 0 Å². The SMILES string of the molecule is CCCCCCCCOC(C)COC(=O)c1ccc(-c2ccc(-c3ccc(C(=O)OCC(C)OCCCCCCCC)cc3)cc2)cc1. The molecule has 0 aliphatic rings. The van der Waals surface area contributed by atoms with E-state index in [0.717, 1.165) is 35.1 Å². The van der Waals surface area contributed by atoms with Gasteiger partial charge in [-0.15, -0.1) is 0 Å². The molecule has 2 atom stereocenters. The molecule has 0 radical (unpaired) electrons. The van der Waals surface area contributed by atoms with Gasteiger partial charge in [-0.05, 0) is 73.2 Å². The zero-order chi connectivity index (χ0) is 34.4. The third kappa shape index (κ3) is 14.7. The molecule has 0 fully saturated rings. The van der Waals surface area contributed by atoms with Crippen LogP contribution in [-0.2, 0) is 18.9 Å². The molecule has 6 heteroatoms. The number of hydrogen-bond donors (Lipinski definition) is 0. The first-order valence-electron chi connectivity index (χ1n) is 18.3. The van der Waals surface area contributed by atoms with E-state index in [2.05, 4.69) is 38.1 Å². The fraction of sp³-hybridized carbons (Fsp3) is 0.524. The van der Waals surface area contributed by atoms with Crippen LogP contribution in [0.1, 0.15) is 125 Å². The van der Waals surface area contributed by atoms with Crippen LogP contribution in [0.2, 0.25) is 0 Å². The van der Waals surface area contributed by atoms with Crippen molar-refractivity contribution < 1.29 is 28.5 Å². The van der Waals surface area contributed by atoms with Gasteiger partial charge in [-0.1, -0.05) is 127 Å². The Hall–Kier alpha value is -3.48. The van der Waals surface area contributed by atoms with E-state index in [9.17, 15) is 9.59 Å². The molecule has 0 spiro atoms. The summed E-state index contributed by atoms with van der Waals surface area (Å²) < 4.78 is 22.6. The lowest BCUT2D eigenvalue weighted by Gasteiger charge is -2.14. The third-order valence-electron chi connectivity index (χ3n) is 8.49. The normalized spacial score (nSPS) is 12.4. The van der Waals surface area contributed by atoms with Gasteiger partial charge in [0.15, 0.2) is 0 Å². The number of ether oxygens (including phenoxy) is 4. The van der Waals surface area contributed by atoms with Crippen LogP contribution >= 0.6 is 0 Å². The average molecular weight is 659 g/mol. The number of carbonyl (C=O) groups is 2. The van der Waals surface area contributed by atoms with Crippen LogP contribution in [0.5, 0.6) is 0 Å². The molecule has 3 rings (SSSR count). The van der Waals surface area contributed by atoms with Gasteiger partial charge >= 0.3 is 11.9 Å². The minimum absolute atomic E-state index is 0.124. The number of benzene rings is 3. The summed E-state index contributed by atoms with van der Waals surface area (Å²) in [6.07, 6.45) is 14.4. The number of rotatable bonds is 24. The van der Waals surface area contributed by atoms with Gasteiger partial charge in [0, 0.05) is 13.2 Å². The van der Waals surface area contributed by atoms with Crippen molar-refractivity contribution in [3.8, 4) is 22.3 Å². The van der Waals surface area contributed by atoms with Crippen molar-refractivity contribution in [2.24, 2.45) is 0 Å². The van der Waals surface area contributed by atoms with Crippen molar-refractivity contribution in [3.63, 3.8) is 0 Å². The summed E-state index contributed by atoms with van der Waals surface area (Å²) in [5.41, 5.74) is 5.15. The summed E-state index contributed by atoms with van der Waals surface area (Å²) in [4.78, 5) is 25.2.